The number of methoxy groups -OCH3 is 1. The lowest BCUT2D eigenvalue weighted by Crippen LogP contribution is -2.37. The van der Waals surface area contributed by atoms with Crippen LogP contribution in [-0.2, 0) is 4.79 Å². The van der Waals surface area contributed by atoms with Gasteiger partial charge in [0.05, 0.1) is 17.0 Å². The molecule has 2 aromatic rings. The SMILES string of the molecule is COc1ccc(N(CCNC(=O)c2cccs2)C(C)=O)cc1Cl. The molecule has 0 atom stereocenters. The summed E-state index contributed by atoms with van der Waals surface area (Å²) in [5.41, 5.74) is 0.661. The molecule has 23 heavy (non-hydrogen) atoms. The average molecular weight is 353 g/mol. The predicted molar refractivity (Wildman–Crippen MR) is 92.7 cm³/mol. The van der Waals surface area contributed by atoms with Gasteiger partial charge in [0.25, 0.3) is 5.91 Å². The van der Waals surface area contributed by atoms with Crippen LogP contribution in [0.2, 0.25) is 5.02 Å². The van der Waals surface area contributed by atoms with Gasteiger partial charge in [0.1, 0.15) is 5.75 Å². The number of hydrogen-bond donors (Lipinski definition) is 1. The Bertz CT molecular complexity index is 689. The third kappa shape index (κ3) is 4.46. The van der Waals surface area contributed by atoms with Crippen LogP contribution in [0.3, 0.4) is 0 Å². The largest absolute Gasteiger partial charge is 0.495 e. The van der Waals surface area contributed by atoms with Crippen molar-refractivity contribution in [3.63, 3.8) is 0 Å². The molecule has 0 unspecified atom stereocenters. The Morgan fingerprint density at radius 1 is 1.35 bits per heavy atom. The molecule has 0 spiro atoms. The Kier molecular flexibility index (Phi) is 6.01. The van der Waals surface area contributed by atoms with Crippen LogP contribution in [0, 0.1) is 0 Å². The highest BCUT2D eigenvalue weighted by Crippen LogP contribution is 2.29. The van der Waals surface area contributed by atoms with E-state index in [0.29, 0.717) is 34.4 Å². The molecular formula is C16H17ClN2O3S. The van der Waals surface area contributed by atoms with Gasteiger partial charge in [-0.05, 0) is 29.6 Å². The Balaban J connectivity index is 2.00. The lowest BCUT2D eigenvalue weighted by atomic mass is 10.2. The predicted octanol–water partition coefficient (Wildman–Crippen LogP) is 3.19. The van der Waals surface area contributed by atoms with Crippen molar-refractivity contribution in [1.29, 1.82) is 0 Å². The summed E-state index contributed by atoms with van der Waals surface area (Å²) < 4.78 is 5.10. The number of carbonyl (C=O) groups is 2. The normalized spacial score (nSPS) is 10.2. The number of carbonyl (C=O) groups excluding carboxylic acids is 2. The highest BCUT2D eigenvalue weighted by atomic mass is 35.5. The molecule has 0 aliphatic rings. The highest BCUT2D eigenvalue weighted by Gasteiger charge is 2.14. The van der Waals surface area contributed by atoms with Crippen molar-refractivity contribution in [3.05, 3.63) is 45.6 Å². The monoisotopic (exact) mass is 352 g/mol. The lowest BCUT2D eigenvalue weighted by molar-refractivity contribution is -0.116. The zero-order chi connectivity index (χ0) is 16.8. The second-order valence-electron chi connectivity index (χ2n) is 4.72. The van der Waals surface area contributed by atoms with Crippen LogP contribution in [0.15, 0.2) is 35.7 Å². The van der Waals surface area contributed by atoms with E-state index in [-0.39, 0.29) is 11.8 Å². The van der Waals surface area contributed by atoms with Gasteiger partial charge >= 0.3 is 0 Å². The van der Waals surface area contributed by atoms with Crippen LogP contribution >= 0.6 is 22.9 Å². The number of benzene rings is 1. The fourth-order valence-corrected chi connectivity index (χ4v) is 2.96. The van der Waals surface area contributed by atoms with Gasteiger partial charge in [0.2, 0.25) is 5.91 Å². The summed E-state index contributed by atoms with van der Waals surface area (Å²) in [6.07, 6.45) is 0. The van der Waals surface area contributed by atoms with Crippen LogP contribution < -0.4 is 15.0 Å². The van der Waals surface area contributed by atoms with E-state index in [1.54, 1.807) is 29.2 Å². The van der Waals surface area contributed by atoms with Gasteiger partial charge < -0.3 is 15.0 Å². The minimum atomic E-state index is -0.142. The summed E-state index contributed by atoms with van der Waals surface area (Å²) in [5, 5.41) is 5.07. The number of rotatable bonds is 6. The van der Waals surface area contributed by atoms with Gasteiger partial charge in [-0.1, -0.05) is 17.7 Å². The molecule has 7 heteroatoms. The van der Waals surface area contributed by atoms with E-state index in [9.17, 15) is 9.59 Å². The maximum atomic E-state index is 11.9. The molecule has 0 bridgehead atoms. The molecule has 122 valence electrons. The number of thiophene rings is 1. The summed E-state index contributed by atoms with van der Waals surface area (Å²) >= 11 is 7.47. The third-order valence-corrected chi connectivity index (χ3v) is 4.36. The smallest absolute Gasteiger partial charge is 0.261 e. The molecule has 5 nitrogen and oxygen atoms in total. The highest BCUT2D eigenvalue weighted by molar-refractivity contribution is 7.12. The summed E-state index contributed by atoms with van der Waals surface area (Å²) in [4.78, 5) is 25.9. The Morgan fingerprint density at radius 2 is 2.13 bits per heavy atom. The summed E-state index contributed by atoms with van der Waals surface area (Å²) in [7, 11) is 1.53. The number of amides is 2. The van der Waals surface area contributed by atoms with Crippen molar-refractivity contribution in [3.8, 4) is 5.75 Å². The van der Waals surface area contributed by atoms with E-state index >= 15 is 0 Å². The molecule has 0 fully saturated rings. The number of nitrogens with one attached hydrogen (secondary N) is 1. The first-order valence-corrected chi connectivity index (χ1v) is 8.22. The second kappa shape index (κ2) is 7.99. The Morgan fingerprint density at radius 3 is 2.70 bits per heavy atom. The quantitative estimate of drug-likeness (QED) is 0.868. The molecule has 0 saturated heterocycles. The Labute approximate surface area is 143 Å². The third-order valence-electron chi connectivity index (χ3n) is 3.19. The first-order chi connectivity index (χ1) is 11.0. The zero-order valence-electron chi connectivity index (χ0n) is 12.8. The molecule has 1 heterocycles. The minimum absolute atomic E-state index is 0.128. The van der Waals surface area contributed by atoms with E-state index in [1.165, 1.54) is 25.4 Å². The van der Waals surface area contributed by atoms with Gasteiger partial charge in [0.15, 0.2) is 0 Å². The fraction of sp³-hybridized carbons (Fsp3) is 0.250. The number of ether oxygens (including phenoxy) is 1. The van der Waals surface area contributed by atoms with E-state index < -0.39 is 0 Å². The second-order valence-corrected chi connectivity index (χ2v) is 6.08. The fourth-order valence-electron chi connectivity index (χ4n) is 2.07. The van der Waals surface area contributed by atoms with Crippen LogP contribution in [-0.4, -0.2) is 32.0 Å². The van der Waals surface area contributed by atoms with Gasteiger partial charge in [0, 0.05) is 25.7 Å². The van der Waals surface area contributed by atoms with Crippen LogP contribution in [0.5, 0.6) is 5.75 Å². The van der Waals surface area contributed by atoms with Crippen molar-refractivity contribution >= 4 is 40.4 Å². The van der Waals surface area contributed by atoms with Crippen molar-refractivity contribution in [1.82, 2.24) is 5.32 Å². The first kappa shape index (κ1) is 17.3. The molecular weight excluding hydrogens is 336 g/mol. The van der Waals surface area contributed by atoms with Crippen molar-refractivity contribution in [2.24, 2.45) is 0 Å². The minimum Gasteiger partial charge on any atom is -0.495 e. The van der Waals surface area contributed by atoms with Crippen molar-refractivity contribution in [2.45, 2.75) is 6.92 Å². The molecule has 2 amide bonds. The average Bonchev–Trinajstić information content (AvgIpc) is 3.05. The molecule has 1 N–H and O–H groups in total. The molecule has 1 aromatic heterocycles. The van der Waals surface area contributed by atoms with E-state index in [2.05, 4.69) is 5.32 Å². The van der Waals surface area contributed by atoms with Crippen LogP contribution in [0.25, 0.3) is 0 Å². The maximum Gasteiger partial charge on any atom is 0.261 e. The standard InChI is InChI=1S/C16H17ClN2O3S/c1-11(20)19(12-5-6-14(22-2)13(17)10-12)8-7-18-16(21)15-4-3-9-23-15/h3-6,9-10H,7-8H2,1-2H3,(H,18,21). The number of nitrogens with zero attached hydrogens (tertiary/aromatic N) is 1. The topological polar surface area (TPSA) is 58.6 Å². The van der Waals surface area contributed by atoms with Crippen LogP contribution in [0.1, 0.15) is 16.6 Å². The lowest BCUT2D eigenvalue weighted by Gasteiger charge is -2.22. The van der Waals surface area contributed by atoms with Crippen molar-refractivity contribution < 1.29 is 14.3 Å². The molecule has 0 radical (unpaired) electrons. The molecule has 1 aromatic carbocycles. The van der Waals surface area contributed by atoms with Gasteiger partial charge in [-0.2, -0.15) is 0 Å². The number of anilines is 1. The number of hydrogen-bond acceptors (Lipinski definition) is 4. The number of halogens is 1. The molecule has 0 saturated carbocycles. The van der Waals surface area contributed by atoms with E-state index in [0.717, 1.165) is 0 Å². The molecule has 2 rings (SSSR count). The van der Waals surface area contributed by atoms with Gasteiger partial charge in [-0.15, -0.1) is 11.3 Å². The van der Waals surface area contributed by atoms with Gasteiger partial charge in [-0.3, -0.25) is 9.59 Å². The maximum absolute atomic E-state index is 11.9. The molecule has 0 aliphatic carbocycles. The van der Waals surface area contributed by atoms with Crippen molar-refractivity contribution in [2.75, 3.05) is 25.1 Å². The zero-order valence-corrected chi connectivity index (χ0v) is 14.4. The van der Waals surface area contributed by atoms with Gasteiger partial charge in [-0.25, -0.2) is 0 Å². The summed E-state index contributed by atoms with van der Waals surface area (Å²) in [6.45, 7) is 2.17. The summed E-state index contributed by atoms with van der Waals surface area (Å²) in [6, 6.07) is 8.71. The van der Waals surface area contributed by atoms with E-state index in [4.69, 9.17) is 16.3 Å². The summed E-state index contributed by atoms with van der Waals surface area (Å²) in [5.74, 6) is 0.276. The van der Waals surface area contributed by atoms with Crippen LogP contribution in [0.4, 0.5) is 5.69 Å². The first-order valence-electron chi connectivity index (χ1n) is 6.96. The Hall–Kier alpha value is -2.05. The van der Waals surface area contributed by atoms with E-state index in [1.807, 2.05) is 11.4 Å². The molecule has 0 aliphatic heterocycles.